The second-order valence-corrected chi connectivity index (χ2v) is 11.0. The molecule has 3 rings (SSSR count). The Bertz CT molecular complexity index is 1020. The van der Waals surface area contributed by atoms with E-state index in [0.717, 1.165) is 24.8 Å². The Labute approximate surface area is 207 Å². The van der Waals surface area contributed by atoms with Crippen molar-refractivity contribution in [2.75, 3.05) is 39.3 Å². The van der Waals surface area contributed by atoms with E-state index in [-0.39, 0.29) is 16.6 Å². The van der Waals surface area contributed by atoms with Crippen LogP contribution in [0.15, 0.2) is 53.4 Å². The van der Waals surface area contributed by atoms with Gasteiger partial charge < -0.3 is 4.90 Å². The predicted octanol–water partition coefficient (Wildman–Crippen LogP) is 4.39. The van der Waals surface area contributed by atoms with Crippen LogP contribution in [0.3, 0.4) is 0 Å². The van der Waals surface area contributed by atoms with Gasteiger partial charge in [0.05, 0.1) is 4.90 Å². The number of sulfonamides is 1. The number of nitrogens with zero attached hydrogens (tertiary/aromatic N) is 3. The number of benzene rings is 2. The third kappa shape index (κ3) is 7.50. The third-order valence-electron chi connectivity index (χ3n) is 6.10. The molecule has 1 heterocycles. The van der Waals surface area contributed by atoms with Crippen LogP contribution in [-0.2, 0) is 21.4 Å². The lowest BCUT2D eigenvalue weighted by molar-refractivity contribution is -0.132. The van der Waals surface area contributed by atoms with Crippen molar-refractivity contribution in [1.82, 2.24) is 14.1 Å². The Kier molecular flexibility index (Phi) is 9.88. The summed E-state index contributed by atoms with van der Waals surface area (Å²) in [5.41, 5.74) is 0.893. The zero-order valence-corrected chi connectivity index (χ0v) is 21.2. The number of halogens is 2. The van der Waals surface area contributed by atoms with Crippen molar-refractivity contribution in [2.45, 2.75) is 44.0 Å². The van der Waals surface area contributed by atoms with Gasteiger partial charge in [0, 0.05) is 57.3 Å². The molecule has 1 fully saturated rings. The highest BCUT2D eigenvalue weighted by molar-refractivity contribution is 7.89. The minimum absolute atomic E-state index is 0.0988. The Balaban J connectivity index is 1.56. The molecule has 1 aliphatic heterocycles. The van der Waals surface area contributed by atoms with Gasteiger partial charge in [0.15, 0.2) is 0 Å². The van der Waals surface area contributed by atoms with Crippen molar-refractivity contribution in [1.29, 1.82) is 0 Å². The standard InChI is InChI=1S/C25H33ClFN3O3S/c1-2-3-4-5-25(31)29(20-21-6-10-23(27)11-7-21)17-14-28-15-18-30(19-16-28)34(32,33)24-12-8-22(26)9-13-24/h6-13H,2-5,14-20H2,1H3. The van der Waals surface area contributed by atoms with E-state index in [1.54, 1.807) is 24.3 Å². The molecule has 0 radical (unpaired) electrons. The average molecular weight is 510 g/mol. The molecule has 0 spiro atoms. The molecule has 0 unspecified atom stereocenters. The fourth-order valence-corrected chi connectivity index (χ4v) is 5.55. The maximum absolute atomic E-state index is 13.3. The number of rotatable bonds is 11. The summed E-state index contributed by atoms with van der Waals surface area (Å²) in [5.74, 6) is -0.197. The lowest BCUT2D eigenvalue weighted by atomic mass is 10.1. The third-order valence-corrected chi connectivity index (χ3v) is 8.27. The monoisotopic (exact) mass is 509 g/mol. The summed E-state index contributed by atoms with van der Waals surface area (Å²) in [6.07, 6.45) is 3.42. The molecule has 0 bridgehead atoms. The summed E-state index contributed by atoms with van der Waals surface area (Å²) in [6, 6.07) is 12.5. The van der Waals surface area contributed by atoms with Gasteiger partial charge in [-0.15, -0.1) is 0 Å². The molecule has 0 saturated carbocycles. The van der Waals surface area contributed by atoms with E-state index in [2.05, 4.69) is 11.8 Å². The molecule has 34 heavy (non-hydrogen) atoms. The lowest BCUT2D eigenvalue weighted by Gasteiger charge is -2.35. The van der Waals surface area contributed by atoms with Crippen LogP contribution in [0.1, 0.15) is 38.2 Å². The maximum atomic E-state index is 13.3. The summed E-state index contributed by atoms with van der Waals surface area (Å²) in [5, 5.41) is 0.498. The molecule has 0 aliphatic carbocycles. The van der Waals surface area contributed by atoms with E-state index >= 15 is 0 Å². The highest BCUT2D eigenvalue weighted by Crippen LogP contribution is 2.20. The maximum Gasteiger partial charge on any atom is 0.243 e. The number of amides is 1. The summed E-state index contributed by atoms with van der Waals surface area (Å²) in [4.78, 5) is 17.1. The Morgan fingerprint density at radius 1 is 1.00 bits per heavy atom. The molecular formula is C25H33ClFN3O3S. The van der Waals surface area contributed by atoms with Gasteiger partial charge in [-0.05, 0) is 48.4 Å². The second-order valence-electron chi connectivity index (χ2n) is 8.60. The van der Waals surface area contributed by atoms with Gasteiger partial charge in [0.2, 0.25) is 15.9 Å². The molecule has 2 aromatic carbocycles. The van der Waals surface area contributed by atoms with Crippen LogP contribution in [0, 0.1) is 5.82 Å². The first-order valence-corrected chi connectivity index (χ1v) is 13.6. The van der Waals surface area contributed by atoms with Crippen molar-refractivity contribution in [2.24, 2.45) is 0 Å². The first-order valence-electron chi connectivity index (χ1n) is 11.8. The molecule has 9 heteroatoms. The van der Waals surface area contributed by atoms with Crippen LogP contribution in [0.4, 0.5) is 4.39 Å². The number of piperazine rings is 1. The van der Waals surface area contributed by atoms with E-state index in [1.807, 2.05) is 4.90 Å². The highest BCUT2D eigenvalue weighted by Gasteiger charge is 2.28. The number of carbonyl (C=O) groups is 1. The summed E-state index contributed by atoms with van der Waals surface area (Å²) in [7, 11) is -3.55. The number of hydrogen-bond acceptors (Lipinski definition) is 4. The van der Waals surface area contributed by atoms with Gasteiger partial charge in [-0.25, -0.2) is 12.8 Å². The molecule has 1 aliphatic rings. The summed E-state index contributed by atoms with van der Waals surface area (Å²) < 4.78 is 40.6. The molecule has 1 amide bonds. The molecule has 2 aromatic rings. The molecule has 6 nitrogen and oxygen atoms in total. The van der Waals surface area contributed by atoms with E-state index in [1.165, 1.54) is 28.6 Å². The van der Waals surface area contributed by atoms with E-state index < -0.39 is 10.0 Å². The first kappa shape index (κ1) is 26.6. The molecule has 1 saturated heterocycles. The zero-order valence-electron chi connectivity index (χ0n) is 19.6. The van der Waals surface area contributed by atoms with E-state index in [0.29, 0.717) is 57.3 Å². The van der Waals surface area contributed by atoms with Crippen molar-refractivity contribution in [3.05, 3.63) is 64.9 Å². The molecular weight excluding hydrogens is 477 g/mol. The van der Waals surface area contributed by atoms with Crippen molar-refractivity contribution in [3.8, 4) is 0 Å². The highest BCUT2D eigenvalue weighted by atomic mass is 35.5. The van der Waals surface area contributed by atoms with Gasteiger partial charge in [0.1, 0.15) is 5.82 Å². The minimum atomic E-state index is -3.55. The van der Waals surface area contributed by atoms with Crippen molar-refractivity contribution < 1.29 is 17.6 Å². The van der Waals surface area contributed by atoms with Crippen LogP contribution in [-0.4, -0.2) is 67.7 Å². The van der Waals surface area contributed by atoms with Crippen molar-refractivity contribution >= 4 is 27.5 Å². The van der Waals surface area contributed by atoms with Crippen LogP contribution in [0.25, 0.3) is 0 Å². The van der Waals surface area contributed by atoms with Gasteiger partial charge >= 0.3 is 0 Å². The summed E-state index contributed by atoms with van der Waals surface area (Å²) >= 11 is 5.88. The van der Waals surface area contributed by atoms with Gasteiger partial charge in [-0.2, -0.15) is 4.31 Å². The predicted molar refractivity (Wildman–Crippen MR) is 133 cm³/mol. The number of unbranched alkanes of at least 4 members (excludes halogenated alkanes) is 2. The largest absolute Gasteiger partial charge is 0.337 e. The minimum Gasteiger partial charge on any atom is -0.337 e. The molecule has 0 N–H and O–H groups in total. The normalized spacial score (nSPS) is 15.4. The van der Waals surface area contributed by atoms with Crippen LogP contribution < -0.4 is 0 Å². The number of carbonyl (C=O) groups excluding carboxylic acids is 1. The topological polar surface area (TPSA) is 60.9 Å². The van der Waals surface area contributed by atoms with E-state index in [9.17, 15) is 17.6 Å². The Morgan fingerprint density at radius 2 is 1.65 bits per heavy atom. The quantitative estimate of drug-likeness (QED) is 0.421. The second kappa shape index (κ2) is 12.6. The summed E-state index contributed by atoms with van der Waals surface area (Å²) in [6.45, 7) is 5.74. The van der Waals surface area contributed by atoms with E-state index in [4.69, 9.17) is 11.6 Å². The Morgan fingerprint density at radius 3 is 2.26 bits per heavy atom. The van der Waals surface area contributed by atoms with Gasteiger partial charge in [-0.3, -0.25) is 9.69 Å². The lowest BCUT2D eigenvalue weighted by Crippen LogP contribution is -2.50. The Hall–Kier alpha value is -2.00. The van der Waals surface area contributed by atoms with Crippen LogP contribution >= 0.6 is 11.6 Å². The first-order chi connectivity index (χ1) is 16.3. The molecule has 186 valence electrons. The van der Waals surface area contributed by atoms with Gasteiger partial charge in [0.25, 0.3) is 0 Å². The van der Waals surface area contributed by atoms with Crippen molar-refractivity contribution in [3.63, 3.8) is 0 Å². The zero-order chi connectivity index (χ0) is 24.6. The SMILES string of the molecule is CCCCCC(=O)N(CCN1CCN(S(=O)(=O)c2ccc(Cl)cc2)CC1)Cc1ccc(F)cc1. The fraction of sp³-hybridized carbons (Fsp3) is 0.480. The molecule has 0 atom stereocenters. The smallest absolute Gasteiger partial charge is 0.243 e. The van der Waals surface area contributed by atoms with Gasteiger partial charge in [-0.1, -0.05) is 43.5 Å². The van der Waals surface area contributed by atoms with Crippen LogP contribution in [0.2, 0.25) is 5.02 Å². The molecule has 0 aromatic heterocycles. The fourth-order valence-electron chi connectivity index (χ4n) is 4.00. The van der Waals surface area contributed by atoms with Crippen LogP contribution in [0.5, 0.6) is 0 Å². The number of hydrogen-bond donors (Lipinski definition) is 0. The average Bonchev–Trinajstić information content (AvgIpc) is 2.83.